The monoisotopic (exact) mass is 670 g/mol. The van der Waals surface area contributed by atoms with E-state index in [-0.39, 0.29) is 29.8 Å². The number of amides is 3. The van der Waals surface area contributed by atoms with Gasteiger partial charge in [-0.05, 0) is 70.0 Å². The summed E-state index contributed by atoms with van der Waals surface area (Å²) in [6.07, 6.45) is 0.0971. The number of hydrogen-bond donors (Lipinski definition) is 5. The number of primary amides is 1. The highest BCUT2D eigenvalue weighted by Gasteiger charge is 2.32. The Hall–Kier alpha value is -6.16. The van der Waals surface area contributed by atoms with Crippen molar-refractivity contribution in [3.8, 4) is 11.5 Å². The molecule has 256 valence electrons. The van der Waals surface area contributed by atoms with Gasteiger partial charge < -0.3 is 32.2 Å². The average molecular weight is 671 g/mol. The van der Waals surface area contributed by atoms with E-state index in [0.717, 1.165) is 16.3 Å². The second kappa shape index (κ2) is 14.9. The number of amidine groups is 1. The number of carbonyl (C=O) groups is 3. The molecule has 0 saturated carbocycles. The molecule has 0 bridgehead atoms. The van der Waals surface area contributed by atoms with Crippen LogP contribution in [0.25, 0.3) is 10.8 Å². The van der Waals surface area contributed by atoms with Crippen molar-refractivity contribution in [1.29, 1.82) is 5.41 Å². The quantitative estimate of drug-likeness (QED) is 0.0650. The van der Waals surface area contributed by atoms with E-state index < -0.39 is 30.3 Å². The van der Waals surface area contributed by atoms with E-state index in [2.05, 4.69) is 26.1 Å². The van der Waals surface area contributed by atoms with Crippen LogP contribution < -0.4 is 27.3 Å². The largest absolute Gasteiger partial charge is 0.457 e. The molecule has 50 heavy (non-hydrogen) atoms. The minimum absolute atomic E-state index is 0.00268. The third-order valence-electron chi connectivity index (χ3n) is 8.47. The molecule has 0 heterocycles. The summed E-state index contributed by atoms with van der Waals surface area (Å²) >= 11 is 0. The van der Waals surface area contributed by atoms with Gasteiger partial charge in [0.2, 0.25) is 11.8 Å². The van der Waals surface area contributed by atoms with E-state index in [1.165, 1.54) is 16.5 Å². The average Bonchev–Trinajstić information content (AvgIpc) is 3.09. The summed E-state index contributed by atoms with van der Waals surface area (Å²) in [5.74, 6) is -0.749. The molecule has 0 spiro atoms. The molecule has 0 aliphatic carbocycles. The second-order valence-corrected chi connectivity index (χ2v) is 13.2. The number of nitrogens with zero attached hydrogens (tertiary/aromatic N) is 1. The minimum Gasteiger partial charge on any atom is -0.457 e. The van der Waals surface area contributed by atoms with Crippen LogP contribution in [0.1, 0.15) is 53.4 Å². The van der Waals surface area contributed by atoms with Crippen molar-refractivity contribution in [1.82, 2.24) is 10.2 Å². The highest BCUT2D eigenvalue weighted by Crippen LogP contribution is 2.30. The third kappa shape index (κ3) is 8.46. The lowest BCUT2D eigenvalue weighted by molar-refractivity contribution is -0.128. The van der Waals surface area contributed by atoms with Gasteiger partial charge in [-0.1, -0.05) is 87.5 Å². The first-order valence-electron chi connectivity index (χ1n) is 16.2. The smallest absolute Gasteiger partial charge is 0.254 e. The number of benzene rings is 5. The summed E-state index contributed by atoms with van der Waals surface area (Å²) in [7, 11) is 0. The molecule has 10 nitrogen and oxygen atoms in total. The SMILES string of the molecule is CC(C)(C)c1ccc(Oc2cccc(CN(C(=O)c3cccc(C(=N)N)c3)C(Cc3ccc(N)c4ccccc34)C(=O)NCC(N)=O)c2)cc1. The second-order valence-electron chi connectivity index (χ2n) is 13.2. The number of hydrogen-bond acceptors (Lipinski definition) is 6. The van der Waals surface area contributed by atoms with Crippen LogP contribution in [0.4, 0.5) is 5.69 Å². The molecule has 0 aliphatic heterocycles. The van der Waals surface area contributed by atoms with Gasteiger partial charge in [-0.3, -0.25) is 19.8 Å². The molecule has 1 atom stereocenters. The third-order valence-corrected chi connectivity index (χ3v) is 8.47. The highest BCUT2D eigenvalue weighted by molar-refractivity contribution is 6.02. The summed E-state index contributed by atoms with van der Waals surface area (Å²) in [6, 6.07) is 31.7. The first kappa shape index (κ1) is 35.2. The Morgan fingerprint density at radius 3 is 2.16 bits per heavy atom. The van der Waals surface area contributed by atoms with Crippen molar-refractivity contribution < 1.29 is 19.1 Å². The molecule has 0 aliphatic rings. The summed E-state index contributed by atoms with van der Waals surface area (Å²) < 4.78 is 6.20. The minimum atomic E-state index is -1.09. The lowest BCUT2D eigenvalue weighted by Crippen LogP contribution is -2.51. The van der Waals surface area contributed by atoms with Gasteiger partial charge in [0.05, 0.1) is 6.54 Å². The predicted octanol–water partition coefficient (Wildman–Crippen LogP) is 5.65. The molecule has 0 radical (unpaired) electrons. The van der Waals surface area contributed by atoms with Crippen molar-refractivity contribution in [2.45, 2.75) is 45.2 Å². The zero-order valence-corrected chi connectivity index (χ0v) is 28.4. The first-order valence-corrected chi connectivity index (χ1v) is 16.2. The number of rotatable bonds is 12. The molecule has 3 amide bonds. The van der Waals surface area contributed by atoms with Gasteiger partial charge in [0.25, 0.3) is 5.91 Å². The maximum atomic E-state index is 14.5. The van der Waals surface area contributed by atoms with Gasteiger partial charge >= 0.3 is 0 Å². The molecular formula is C40H42N6O4. The Kier molecular flexibility index (Phi) is 10.5. The van der Waals surface area contributed by atoms with Crippen LogP contribution >= 0.6 is 0 Å². The normalized spacial score (nSPS) is 11.8. The van der Waals surface area contributed by atoms with Crippen molar-refractivity contribution in [3.63, 3.8) is 0 Å². The fourth-order valence-corrected chi connectivity index (χ4v) is 5.78. The number of anilines is 1. The van der Waals surface area contributed by atoms with Crippen LogP contribution in [0.3, 0.4) is 0 Å². The molecule has 5 rings (SSSR count). The van der Waals surface area contributed by atoms with Crippen molar-refractivity contribution in [2.24, 2.45) is 11.5 Å². The molecule has 10 heteroatoms. The van der Waals surface area contributed by atoms with Gasteiger partial charge in [-0.25, -0.2) is 0 Å². The number of nitrogens with one attached hydrogen (secondary N) is 2. The fraction of sp³-hybridized carbons (Fsp3) is 0.200. The van der Waals surface area contributed by atoms with Crippen LogP contribution in [0, 0.1) is 5.41 Å². The molecule has 0 saturated heterocycles. The van der Waals surface area contributed by atoms with Gasteiger partial charge in [0, 0.05) is 35.2 Å². The van der Waals surface area contributed by atoms with Gasteiger partial charge in [0.1, 0.15) is 23.4 Å². The van der Waals surface area contributed by atoms with Gasteiger partial charge in [0.15, 0.2) is 0 Å². The van der Waals surface area contributed by atoms with E-state index in [1.807, 2.05) is 78.9 Å². The van der Waals surface area contributed by atoms with Crippen LogP contribution in [-0.4, -0.2) is 41.0 Å². The maximum absolute atomic E-state index is 14.5. The van der Waals surface area contributed by atoms with Crippen LogP contribution in [0.15, 0.2) is 109 Å². The van der Waals surface area contributed by atoms with Crippen molar-refractivity contribution in [2.75, 3.05) is 12.3 Å². The molecule has 1 unspecified atom stereocenters. The molecule has 8 N–H and O–H groups in total. The Balaban J connectivity index is 1.56. The van der Waals surface area contributed by atoms with E-state index in [9.17, 15) is 14.4 Å². The Morgan fingerprint density at radius 2 is 1.48 bits per heavy atom. The highest BCUT2D eigenvalue weighted by atomic mass is 16.5. The number of nitrogen functional groups attached to an aromatic ring is 2. The number of fused-ring (bicyclic) bond motifs is 1. The molecule has 0 fully saturated rings. The summed E-state index contributed by atoms with van der Waals surface area (Å²) in [5, 5.41) is 12.2. The standard InChI is InChI=1S/C40H42N6O4/c1-40(2,3)29-15-17-30(18-16-29)50-31-11-6-8-25(20-31)24-46(39(49)28-10-7-9-27(21-28)37(43)44)35(38(48)45-23-36(42)47)22-26-14-19-34(41)33-13-5-4-12-32(26)33/h4-21,35H,22-24,41H2,1-3H3,(H2,42,47)(H3,43,44)(H,45,48). The van der Waals surface area contributed by atoms with Crippen LogP contribution in [0.2, 0.25) is 0 Å². The van der Waals surface area contributed by atoms with Gasteiger partial charge in [-0.2, -0.15) is 0 Å². The predicted molar refractivity (Wildman–Crippen MR) is 197 cm³/mol. The van der Waals surface area contributed by atoms with E-state index in [0.29, 0.717) is 28.3 Å². The number of carbonyl (C=O) groups excluding carboxylic acids is 3. The van der Waals surface area contributed by atoms with E-state index in [4.69, 9.17) is 27.3 Å². The summed E-state index contributed by atoms with van der Waals surface area (Å²) in [4.78, 5) is 41.7. The molecular weight excluding hydrogens is 628 g/mol. The number of ether oxygens (including phenoxy) is 1. The lowest BCUT2D eigenvalue weighted by Gasteiger charge is -2.32. The van der Waals surface area contributed by atoms with Crippen molar-refractivity contribution >= 4 is 40.0 Å². The summed E-state index contributed by atoms with van der Waals surface area (Å²) in [5.41, 5.74) is 21.3. The molecule has 0 aromatic heterocycles. The Morgan fingerprint density at radius 1 is 0.800 bits per heavy atom. The molecule has 5 aromatic rings. The zero-order valence-electron chi connectivity index (χ0n) is 28.4. The van der Waals surface area contributed by atoms with Gasteiger partial charge in [-0.15, -0.1) is 0 Å². The zero-order chi connectivity index (χ0) is 36.0. The topological polar surface area (TPSA) is 178 Å². The fourth-order valence-electron chi connectivity index (χ4n) is 5.78. The maximum Gasteiger partial charge on any atom is 0.254 e. The van der Waals surface area contributed by atoms with Crippen LogP contribution in [0.5, 0.6) is 11.5 Å². The lowest BCUT2D eigenvalue weighted by atomic mass is 9.87. The van der Waals surface area contributed by atoms with E-state index in [1.54, 1.807) is 24.3 Å². The Labute approximate surface area is 291 Å². The molecule has 5 aromatic carbocycles. The number of nitrogens with two attached hydrogens (primary N) is 3. The Bertz CT molecular complexity index is 2050. The van der Waals surface area contributed by atoms with E-state index >= 15 is 0 Å². The summed E-state index contributed by atoms with van der Waals surface area (Å²) in [6.45, 7) is 6.04. The van der Waals surface area contributed by atoms with Crippen molar-refractivity contribution in [3.05, 3.63) is 137 Å². The first-order chi connectivity index (χ1) is 23.8. The van der Waals surface area contributed by atoms with Crippen LogP contribution in [-0.2, 0) is 28.0 Å².